The van der Waals surface area contributed by atoms with Gasteiger partial charge in [0.05, 0.1) is 11.6 Å². The van der Waals surface area contributed by atoms with Gasteiger partial charge in [-0.1, -0.05) is 41.4 Å². The highest BCUT2D eigenvalue weighted by atomic mass is 35.5. The second-order valence-corrected chi connectivity index (χ2v) is 10.5. The van der Waals surface area contributed by atoms with Crippen molar-refractivity contribution < 1.29 is 13.2 Å². The van der Waals surface area contributed by atoms with Crippen molar-refractivity contribution in [3.05, 3.63) is 64.3 Å². The number of piperidine rings is 1. The fraction of sp³-hybridized carbons (Fsp3) is 0.391. The zero-order valence-corrected chi connectivity index (χ0v) is 19.8. The maximum absolute atomic E-state index is 13.1. The van der Waals surface area contributed by atoms with E-state index in [2.05, 4.69) is 29.0 Å². The van der Waals surface area contributed by atoms with Crippen LogP contribution in [0.1, 0.15) is 31.2 Å². The molecule has 1 aromatic heterocycles. The molecule has 1 saturated heterocycles. The Kier molecular flexibility index (Phi) is 6.94. The molecule has 0 N–H and O–H groups in total. The van der Waals surface area contributed by atoms with Crippen LogP contribution in [0.15, 0.2) is 53.6 Å². The highest BCUT2D eigenvalue weighted by Crippen LogP contribution is 2.37. The Morgan fingerprint density at radius 1 is 1.10 bits per heavy atom. The third kappa shape index (κ3) is 4.64. The summed E-state index contributed by atoms with van der Waals surface area (Å²) in [6, 6.07) is 12.9. The van der Waals surface area contributed by atoms with Gasteiger partial charge >= 0.3 is 0 Å². The molecule has 2 heterocycles. The van der Waals surface area contributed by atoms with Gasteiger partial charge in [0.25, 0.3) is 0 Å². The Bertz CT molecular complexity index is 1170. The lowest BCUT2D eigenvalue weighted by molar-refractivity contribution is 0.140. The lowest BCUT2D eigenvalue weighted by Crippen LogP contribution is -2.38. The molecule has 2 aromatic carbocycles. The summed E-state index contributed by atoms with van der Waals surface area (Å²) in [4.78, 5) is 0.115. The fourth-order valence-corrected chi connectivity index (χ4v) is 6.54. The van der Waals surface area contributed by atoms with Crippen LogP contribution in [-0.2, 0) is 21.3 Å². The predicted molar refractivity (Wildman–Crippen MR) is 126 cm³/mol. The first-order valence-electron chi connectivity index (χ1n) is 10.5. The summed E-state index contributed by atoms with van der Waals surface area (Å²) in [5, 5.41) is 1.82. The Labute approximate surface area is 193 Å². The molecule has 0 aliphatic carbocycles. The van der Waals surface area contributed by atoms with Crippen molar-refractivity contribution in [2.75, 3.05) is 26.3 Å². The van der Waals surface area contributed by atoms with Crippen LogP contribution in [0.2, 0.25) is 10.0 Å². The molecule has 3 aromatic rings. The number of halogens is 2. The number of aromatic nitrogens is 1. The summed E-state index contributed by atoms with van der Waals surface area (Å²) in [5.41, 5.74) is 2.48. The lowest BCUT2D eigenvalue weighted by Gasteiger charge is -2.31. The Balaban J connectivity index is 1.53. The standard InChI is InChI=1S/C23H26Cl2N2O3S/c1-2-30-14-13-26-16-20(19-5-3-4-6-22(19)26)17-9-11-27(12-10-17)31(28,29)23-8-7-18(24)15-21(23)25/h3-8,15-17H,2,9-14H2,1H3. The number of nitrogens with zero attached hydrogens (tertiary/aromatic N) is 2. The van der Waals surface area contributed by atoms with Gasteiger partial charge in [-0.15, -0.1) is 0 Å². The minimum atomic E-state index is -3.65. The molecule has 0 bridgehead atoms. The van der Waals surface area contributed by atoms with Crippen molar-refractivity contribution in [1.29, 1.82) is 0 Å². The number of hydrogen-bond acceptors (Lipinski definition) is 3. The molecule has 1 fully saturated rings. The number of benzene rings is 2. The van der Waals surface area contributed by atoms with Gasteiger partial charge in [-0.25, -0.2) is 8.42 Å². The van der Waals surface area contributed by atoms with Gasteiger partial charge in [-0.3, -0.25) is 0 Å². The monoisotopic (exact) mass is 480 g/mol. The van der Waals surface area contributed by atoms with Crippen LogP contribution in [0.3, 0.4) is 0 Å². The topological polar surface area (TPSA) is 51.5 Å². The number of ether oxygens (including phenoxy) is 1. The van der Waals surface area contributed by atoms with Crippen molar-refractivity contribution in [3.8, 4) is 0 Å². The Morgan fingerprint density at radius 2 is 1.84 bits per heavy atom. The number of sulfonamides is 1. The quantitative estimate of drug-likeness (QED) is 0.416. The molecular weight excluding hydrogens is 455 g/mol. The van der Waals surface area contributed by atoms with Gasteiger partial charge < -0.3 is 9.30 Å². The van der Waals surface area contributed by atoms with Crippen LogP contribution in [0, 0.1) is 0 Å². The van der Waals surface area contributed by atoms with Crippen molar-refractivity contribution in [1.82, 2.24) is 8.87 Å². The molecule has 166 valence electrons. The van der Waals surface area contributed by atoms with Gasteiger partial charge in [-0.05, 0) is 55.5 Å². The van der Waals surface area contributed by atoms with E-state index in [1.165, 1.54) is 32.9 Å². The minimum Gasteiger partial charge on any atom is -0.380 e. The van der Waals surface area contributed by atoms with Crippen LogP contribution < -0.4 is 0 Å². The predicted octanol–water partition coefficient (Wildman–Crippen LogP) is 5.55. The van der Waals surface area contributed by atoms with Gasteiger partial charge in [0.1, 0.15) is 4.90 Å². The zero-order chi connectivity index (χ0) is 22.0. The molecule has 1 aliphatic rings. The van der Waals surface area contributed by atoms with Crippen molar-refractivity contribution in [2.24, 2.45) is 0 Å². The maximum atomic E-state index is 13.1. The second-order valence-electron chi connectivity index (χ2n) is 7.75. The highest BCUT2D eigenvalue weighted by Gasteiger charge is 2.32. The zero-order valence-electron chi connectivity index (χ0n) is 17.4. The van der Waals surface area contributed by atoms with Crippen molar-refractivity contribution >= 4 is 44.1 Å². The van der Waals surface area contributed by atoms with E-state index in [9.17, 15) is 8.42 Å². The Hall–Kier alpha value is -1.57. The lowest BCUT2D eigenvalue weighted by atomic mass is 9.90. The van der Waals surface area contributed by atoms with Crippen LogP contribution >= 0.6 is 23.2 Å². The van der Waals surface area contributed by atoms with E-state index in [0.717, 1.165) is 19.4 Å². The van der Waals surface area contributed by atoms with E-state index in [0.29, 0.717) is 37.2 Å². The molecule has 5 nitrogen and oxygen atoms in total. The van der Waals surface area contributed by atoms with Gasteiger partial charge in [0.15, 0.2) is 0 Å². The molecule has 8 heteroatoms. The largest absolute Gasteiger partial charge is 0.380 e. The average Bonchev–Trinajstić information content (AvgIpc) is 3.13. The third-order valence-electron chi connectivity index (χ3n) is 5.91. The Morgan fingerprint density at radius 3 is 2.55 bits per heavy atom. The summed E-state index contributed by atoms with van der Waals surface area (Å²) in [5.74, 6) is 0.311. The average molecular weight is 481 g/mol. The van der Waals surface area contributed by atoms with Crippen LogP contribution in [0.5, 0.6) is 0 Å². The molecule has 1 aliphatic heterocycles. The first-order chi connectivity index (χ1) is 14.9. The normalized spacial score (nSPS) is 16.2. The number of fused-ring (bicyclic) bond motifs is 1. The van der Waals surface area contributed by atoms with Gasteiger partial charge in [0.2, 0.25) is 10.0 Å². The summed E-state index contributed by atoms with van der Waals surface area (Å²) in [6.45, 7) is 5.10. The molecular formula is C23H26Cl2N2O3S. The van der Waals surface area contributed by atoms with E-state index >= 15 is 0 Å². The molecule has 0 saturated carbocycles. The van der Waals surface area contributed by atoms with E-state index in [1.54, 1.807) is 6.07 Å². The molecule has 31 heavy (non-hydrogen) atoms. The third-order valence-corrected chi connectivity index (χ3v) is 8.52. The van der Waals surface area contributed by atoms with E-state index in [-0.39, 0.29) is 9.92 Å². The summed E-state index contributed by atoms with van der Waals surface area (Å²) >= 11 is 12.1. The van der Waals surface area contributed by atoms with Crippen LogP contribution in [-0.4, -0.2) is 43.6 Å². The first-order valence-corrected chi connectivity index (χ1v) is 12.7. The van der Waals surface area contributed by atoms with Crippen molar-refractivity contribution in [2.45, 2.75) is 37.1 Å². The molecule has 0 amide bonds. The van der Waals surface area contributed by atoms with Crippen molar-refractivity contribution in [3.63, 3.8) is 0 Å². The van der Waals surface area contributed by atoms with Crippen LogP contribution in [0.4, 0.5) is 0 Å². The molecule has 0 radical (unpaired) electrons. The minimum absolute atomic E-state index is 0.115. The maximum Gasteiger partial charge on any atom is 0.244 e. The number of hydrogen-bond donors (Lipinski definition) is 0. The fourth-order valence-electron chi connectivity index (χ4n) is 4.32. The van der Waals surface area contributed by atoms with Gasteiger partial charge in [-0.2, -0.15) is 4.31 Å². The smallest absolute Gasteiger partial charge is 0.244 e. The number of rotatable bonds is 7. The summed E-state index contributed by atoms with van der Waals surface area (Å²) in [7, 11) is -3.65. The second kappa shape index (κ2) is 9.51. The van der Waals surface area contributed by atoms with E-state index < -0.39 is 10.0 Å². The molecule has 0 atom stereocenters. The summed E-state index contributed by atoms with van der Waals surface area (Å²) in [6.07, 6.45) is 3.75. The van der Waals surface area contributed by atoms with Gasteiger partial charge in [0, 0.05) is 48.4 Å². The SMILES string of the molecule is CCOCCn1cc(C2CCN(S(=O)(=O)c3ccc(Cl)cc3Cl)CC2)c2ccccc21. The molecule has 4 rings (SSSR count). The highest BCUT2D eigenvalue weighted by molar-refractivity contribution is 7.89. The summed E-state index contributed by atoms with van der Waals surface area (Å²) < 4.78 is 35.5. The molecule has 0 spiro atoms. The first kappa shape index (κ1) is 22.6. The van der Waals surface area contributed by atoms with Crippen LogP contribution in [0.25, 0.3) is 10.9 Å². The van der Waals surface area contributed by atoms with E-state index in [1.807, 2.05) is 13.0 Å². The van der Waals surface area contributed by atoms with E-state index in [4.69, 9.17) is 27.9 Å². The molecule has 0 unspecified atom stereocenters. The number of para-hydroxylation sites is 1.